The van der Waals surface area contributed by atoms with Gasteiger partial charge in [-0.2, -0.15) is 0 Å². The first kappa shape index (κ1) is 21.0. The van der Waals surface area contributed by atoms with Crippen LogP contribution in [0.4, 0.5) is 5.69 Å². The molecule has 30 heavy (non-hydrogen) atoms. The number of rotatable bonds is 5. The molecule has 12 nitrogen and oxygen atoms in total. The van der Waals surface area contributed by atoms with Crippen LogP contribution in [-0.4, -0.2) is 38.9 Å². The average molecular weight is 434 g/mol. The highest BCUT2D eigenvalue weighted by Crippen LogP contribution is 2.14. The second-order valence-corrected chi connectivity index (χ2v) is 8.17. The number of fused-ring (bicyclic) bond motifs is 1. The van der Waals surface area contributed by atoms with Crippen molar-refractivity contribution in [2.24, 2.45) is 14.1 Å². The lowest BCUT2D eigenvalue weighted by molar-refractivity contribution is -0.119. The van der Waals surface area contributed by atoms with Crippen LogP contribution in [0.1, 0.15) is 6.92 Å². The van der Waals surface area contributed by atoms with Crippen LogP contribution in [0.15, 0.2) is 45.1 Å². The van der Waals surface area contributed by atoms with Crippen molar-refractivity contribution in [2.45, 2.75) is 18.4 Å². The Morgan fingerprint density at radius 2 is 1.70 bits per heavy atom. The molecular formula is C17H18N6O6S. The first-order valence-electron chi connectivity index (χ1n) is 8.55. The maximum atomic E-state index is 12.4. The Balaban J connectivity index is 1.84. The first-order chi connectivity index (χ1) is 14.0. The Morgan fingerprint density at radius 1 is 1.07 bits per heavy atom. The fourth-order valence-electron chi connectivity index (χ4n) is 2.83. The van der Waals surface area contributed by atoms with E-state index in [2.05, 4.69) is 10.3 Å². The van der Waals surface area contributed by atoms with Gasteiger partial charge in [-0.25, -0.2) is 22.9 Å². The van der Waals surface area contributed by atoms with Crippen LogP contribution in [0.5, 0.6) is 0 Å². The van der Waals surface area contributed by atoms with Crippen molar-refractivity contribution in [3.63, 3.8) is 0 Å². The molecule has 3 rings (SSSR count). The molecule has 0 spiro atoms. The van der Waals surface area contributed by atoms with Gasteiger partial charge in [0.2, 0.25) is 5.91 Å². The Bertz CT molecular complexity index is 1380. The van der Waals surface area contributed by atoms with E-state index in [0.29, 0.717) is 5.69 Å². The molecule has 2 aromatic heterocycles. The van der Waals surface area contributed by atoms with E-state index in [9.17, 15) is 27.6 Å². The van der Waals surface area contributed by atoms with Gasteiger partial charge in [0.1, 0.15) is 6.54 Å². The van der Waals surface area contributed by atoms with Crippen molar-refractivity contribution in [1.29, 1.82) is 0 Å². The van der Waals surface area contributed by atoms with Crippen LogP contribution < -0.4 is 21.3 Å². The molecule has 0 bridgehead atoms. The Kier molecular flexibility index (Phi) is 5.31. The van der Waals surface area contributed by atoms with Crippen molar-refractivity contribution < 1.29 is 18.0 Å². The first-order valence-corrected chi connectivity index (χ1v) is 10.0. The molecule has 0 fully saturated rings. The highest BCUT2D eigenvalue weighted by molar-refractivity contribution is 7.90. The molecule has 0 aliphatic carbocycles. The van der Waals surface area contributed by atoms with Crippen LogP contribution in [0.3, 0.4) is 0 Å². The van der Waals surface area contributed by atoms with E-state index in [1.165, 1.54) is 56.2 Å². The number of imidazole rings is 1. The van der Waals surface area contributed by atoms with E-state index in [1.807, 2.05) is 4.72 Å². The summed E-state index contributed by atoms with van der Waals surface area (Å²) >= 11 is 0. The molecule has 2 N–H and O–H groups in total. The summed E-state index contributed by atoms with van der Waals surface area (Å²) in [6, 6.07) is 5.24. The minimum Gasteiger partial charge on any atom is -0.326 e. The maximum absolute atomic E-state index is 12.4. The minimum absolute atomic E-state index is 0.00759. The third-order valence-electron chi connectivity index (χ3n) is 4.26. The Morgan fingerprint density at radius 3 is 2.30 bits per heavy atom. The van der Waals surface area contributed by atoms with Gasteiger partial charge in [-0.3, -0.25) is 23.5 Å². The molecule has 13 heteroatoms. The number of nitrogens with zero attached hydrogens (tertiary/aromatic N) is 4. The molecule has 158 valence electrons. The van der Waals surface area contributed by atoms with Crippen molar-refractivity contribution >= 4 is 38.7 Å². The van der Waals surface area contributed by atoms with E-state index in [-0.39, 0.29) is 22.0 Å². The molecule has 0 saturated heterocycles. The summed E-state index contributed by atoms with van der Waals surface area (Å²) in [6.45, 7) is 0.809. The summed E-state index contributed by atoms with van der Waals surface area (Å²) in [5.41, 5.74) is -0.763. The summed E-state index contributed by atoms with van der Waals surface area (Å²) < 4.78 is 30.0. The summed E-state index contributed by atoms with van der Waals surface area (Å²) in [6.07, 6.45) is 1.18. The zero-order valence-corrected chi connectivity index (χ0v) is 17.1. The molecule has 1 aromatic carbocycles. The van der Waals surface area contributed by atoms with Crippen molar-refractivity contribution in [1.82, 2.24) is 23.4 Å². The van der Waals surface area contributed by atoms with E-state index in [0.717, 1.165) is 9.13 Å². The normalized spacial score (nSPS) is 11.4. The summed E-state index contributed by atoms with van der Waals surface area (Å²) in [5.74, 6) is -1.22. The number of carbonyl (C=O) groups excluding carboxylic acids is 2. The zero-order chi connectivity index (χ0) is 22.2. The topological polar surface area (TPSA) is 154 Å². The third kappa shape index (κ3) is 3.87. The van der Waals surface area contributed by atoms with Crippen molar-refractivity contribution in [2.75, 3.05) is 5.32 Å². The van der Waals surface area contributed by atoms with Gasteiger partial charge in [0.05, 0.1) is 11.2 Å². The highest BCUT2D eigenvalue weighted by atomic mass is 32.2. The monoisotopic (exact) mass is 434 g/mol. The minimum atomic E-state index is -4.18. The number of hydrogen-bond donors (Lipinski definition) is 2. The fourth-order valence-corrected chi connectivity index (χ4v) is 3.81. The second kappa shape index (κ2) is 7.59. The SMILES string of the molecule is CC(=O)Nc1ccc(S(=O)(=O)NC(=O)Cn2cnc3c2c(=O)n(C)c(=O)n3C)cc1. The number of aromatic nitrogens is 4. The molecule has 0 aliphatic heterocycles. The maximum Gasteiger partial charge on any atom is 0.332 e. The second-order valence-electron chi connectivity index (χ2n) is 6.48. The molecule has 0 atom stereocenters. The van der Waals surface area contributed by atoms with E-state index < -0.39 is 33.7 Å². The largest absolute Gasteiger partial charge is 0.332 e. The van der Waals surface area contributed by atoms with Crippen molar-refractivity contribution in [3.8, 4) is 0 Å². The molecule has 0 unspecified atom stereocenters. The summed E-state index contributed by atoms with van der Waals surface area (Å²) in [4.78, 5) is 51.5. The van der Waals surface area contributed by atoms with E-state index in [4.69, 9.17) is 0 Å². The van der Waals surface area contributed by atoms with Crippen LogP contribution in [0.2, 0.25) is 0 Å². The predicted octanol–water partition coefficient (Wildman–Crippen LogP) is -1.10. The number of amides is 2. The van der Waals surface area contributed by atoms with Crippen molar-refractivity contribution in [3.05, 3.63) is 51.4 Å². The zero-order valence-electron chi connectivity index (χ0n) is 16.2. The summed E-state index contributed by atoms with van der Waals surface area (Å²) in [7, 11) is -1.46. The van der Waals surface area contributed by atoms with Gasteiger partial charge >= 0.3 is 5.69 Å². The van der Waals surface area contributed by atoms with Crippen LogP contribution in [0.25, 0.3) is 11.2 Å². The number of carbonyl (C=O) groups is 2. The lowest BCUT2D eigenvalue weighted by Crippen LogP contribution is -2.38. The van der Waals surface area contributed by atoms with Gasteiger partial charge in [-0.1, -0.05) is 0 Å². The average Bonchev–Trinajstić information content (AvgIpc) is 3.07. The molecule has 0 aliphatic rings. The molecule has 2 amide bonds. The third-order valence-corrected chi connectivity index (χ3v) is 5.65. The van der Waals surface area contributed by atoms with Crippen LogP contribution in [0, 0.1) is 0 Å². The molecular weight excluding hydrogens is 416 g/mol. The number of nitrogens with one attached hydrogen (secondary N) is 2. The number of hydrogen-bond acceptors (Lipinski definition) is 7. The van der Waals surface area contributed by atoms with Crippen LogP contribution in [-0.2, 0) is 40.3 Å². The number of aryl methyl sites for hydroxylation is 1. The smallest absolute Gasteiger partial charge is 0.326 e. The quantitative estimate of drug-likeness (QED) is 0.516. The molecule has 0 radical (unpaired) electrons. The number of benzene rings is 1. The molecule has 0 saturated carbocycles. The van der Waals surface area contributed by atoms with Gasteiger partial charge in [0.25, 0.3) is 21.5 Å². The van der Waals surface area contributed by atoms with Crippen LogP contribution >= 0.6 is 0 Å². The van der Waals surface area contributed by atoms with Gasteiger partial charge in [0.15, 0.2) is 11.2 Å². The van der Waals surface area contributed by atoms with Gasteiger partial charge in [0, 0.05) is 26.7 Å². The lowest BCUT2D eigenvalue weighted by atomic mass is 10.3. The lowest BCUT2D eigenvalue weighted by Gasteiger charge is -2.09. The molecule has 3 aromatic rings. The molecule has 2 heterocycles. The highest BCUT2D eigenvalue weighted by Gasteiger charge is 2.20. The predicted molar refractivity (Wildman–Crippen MR) is 106 cm³/mol. The Labute approximate surface area is 169 Å². The number of anilines is 1. The van der Waals surface area contributed by atoms with Gasteiger partial charge in [-0.05, 0) is 24.3 Å². The Hall–Kier alpha value is -3.74. The van der Waals surface area contributed by atoms with Gasteiger partial charge in [-0.15, -0.1) is 0 Å². The summed E-state index contributed by atoms with van der Waals surface area (Å²) in [5, 5.41) is 2.50. The fraction of sp³-hybridized carbons (Fsp3) is 0.235. The van der Waals surface area contributed by atoms with Gasteiger partial charge < -0.3 is 9.88 Å². The number of sulfonamides is 1. The van der Waals surface area contributed by atoms with E-state index in [1.54, 1.807) is 0 Å². The van der Waals surface area contributed by atoms with E-state index >= 15 is 0 Å². The standard InChI is InChI=1S/C17H18N6O6S/c1-10(24)19-11-4-6-12(7-5-11)30(28,29)20-13(25)8-23-9-18-15-14(23)16(26)22(3)17(27)21(15)2/h4-7,9H,8H2,1-3H3,(H,19,24)(H,20,25).